The first-order valence-corrected chi connectivity index (χ1v) is 4.82. The minimum Gasteiger partial charge on any atom is -0.385 e. The van der Waals surface area contributed by atoms with Crippen molar-refractivity contribution in [2.45, 2.75) is 25.3 Å². The summed E-state index contributed by atoms with van der Waals surface area (Å²) in [6, 6.07) is 0.343. The Morgan fingerprint density at radius 2 is 2.54 bits per heavy atom. The summed E-state index contributed by atoms with van der Waals surface area (Å²) >= 11 is 0. The number of amides is 1. The predicted octanol–water partition coefficient (Wildman–Crippen LogP) is -0.109. The van der Waals surface area contributed by atoms with Crippen LogP contribution in [0, 0.1) is 0 Å². The molecule has 1 saturated heterocycles. The standard InChI is InChI=1S/C9H18N2O2/c1-13-6-2-5-10-7-8-3-4-9(12)11-8/h8,10H,2-7H2,1H3,(H,11,12). The molecule has 0 aromatic carbocycles. The van der Waals surface area contributed by atoms with Crippen molar-refractivity contribution in [3.05, 3.63) is 0 Å². The van der Waals surface area contributed by atoms with Crippen LogP contribution in [0.25, 0.3) is 0 Å². The molecule has 1 unspecified atom stereocenters. The molecule has 0 saturated carbocycles. The molecule has 1 aliphatic rings. The van der Waals surface area contributed by atoms with E-state index in [0.717, 1.165) is 32.5 Å². The van der Waals surface area contributed by atoms with Gasteiger partial charge in [0.05, 0.1) is 0 Å². The molecule has 0 radical (unpaired) electrons. The Morgan fingerprint density at radius 1 is 1.69 bits per heavy atom. The largest absolute Gasteiger partial charge is 0.385 e. The van der Waals surface area contributed by atoms with Crippen molar-refractivity contribution >= 4 is 5.91 Å². The maximum absolute atomic E-state index is 10.8. The first kappa shape index (κ1) is 10.5. The van der Waals surface area contributed by atoms with Gasteiger partial charge in [-0.1, -0.05) is 0 Å². The van der Waals surface area contributed by atoms with Gasteiger partial charge in [-0.15, -0.1) is 0 Å². The van der Waals surface area contributed by atoms with Gasteiger partial charge in [-0.05, 0) is 19.4 Å². The third-order valence-electron chi connectivity index (χ3n) is 2.18. The molecule has 2 N–H and O–H groups in total. The summed E-state index contributed by atoms with van der Waals surface area (Å²) in [5, 5.41) is 6.20. The summed E-state index contributed by atoms with van der Waals surface area (Å²) in [5.41, 5.74) is 0. The van der Waals surface area contributed by atoms with Gasteiger partial charge in [0.15, 0.2) is 0 Å². The first-order chi connectivity index (χ1) is 6.33. The quantitative estimate of drug-likeness (QED) is 0.569. The molecule has 76 valence electrons. The van der Waals surface area contributed by atoms with E-state index in [9.17, 15) is 4.79 Å². The van der Waals surface area contributed by atoms with Crippen LogP contribution in [0.2, 0.25) is 0 Å². The predicted molar refractivity (Wildman–Crippen MR) is 50.5 cm³/mol. The van der Waals surface area contributed by atoms with Gasteiger partial charge in [0.25, 0.3) is 0 Å². The van der Waals surface area contributed by atoms with Gasteiger partial charge in [0.1, 0.15) is 0 Å². The second-order valence-corrected chi connectivity index (χ2v) is 3.35. The Labute approximate surface area is 79.0 Å². The third kappa shape index (κ3) is 4.24. The number of methoxy groups -OCH3 is 1. The van der Waals surface area contributed by atoms with E-state index in [2.05, 4.69) is 10.6 Å². The molecule has 1 fully saturated rings. The molecule has 0 aromatic heterocycles. The van der Waals surface area contributed by atoms with Crippen LogP contribution in [0.5, 0.6) is 0 Å². The lowest BCUT2D eigenvalue weighted by Crippen LogP contribution is -2.36. The van der Waals surface area contributed by atoms with Gasteiger partial charge in [0.2, 0.25) is 5.91 Å². The van der Waals surface area contributed by atoms with Crippen LogP contribution in [-0.2, 0) is 9.53 Å². The maximum Gasteiger partial charge on any atom is 0.220 e. The molecule has 13 heavy (non-hydrogen) atoms. The number of carbonyl (C=O) groups is 1. The molecule has 4 nitrogen and oxygen atoms in total. The SMILES string of the molecule is COCCCNCC1CCC(=O)N1. The van der Waals surface area contributed by atoms with E-state index < -0.39 is 0 Å². The van der Waals surface area contributed by atoms with E-state index >= 15 is 0 Å². The highest BCUT2D eigenvalue weighted by Gasteiger charge is 2.19. The minimum atomic E-state index is 0.184. The highest BCUT2D eigenvalue weighted by atomic mass is 16.5. The average Bonchev–Trinajstić information content (AvgIpc) is 2.51. The molecule has 1 atom stereocenters. The second-order valence-electron chi connectivity index (χ2n) is 3.35. The zero-order valence-electron chi connectivity index (χ0n) is 8.14. The van der Waals surface area contributed by atoms with Crippen molar-refractivity contribution in [3.63, 3.8) is 0 Å². The van der Waals surface area contributed by atoms with Crippen LogP contribution in [-0.4, -0.2) is 38.8 Å². The van der Waals surface area contributed by atoms with E-state index in [1.54, 1.807) is 7.11 Å². The van der Waals surface area contributed by atoms with Crippen molar-refractivity contribution < 1.29 is 9.53 Å². The average molecular weight is 186 g/mol. The zero-order valence-corrected chi connectivity index (χ0v) is 8.14. The minimum absolute atomic E-state index is 0.184. The monoisotopic (exact) mass is 186 g/mol. The number of nitrogens with one attached hydrogen (secondary N) is 2. The van der Waals surface area contributed by atoms with Crippen LogP contribution < -0.4 is 10.6 Å². The van der Waals surface area contributed by atoms with Gasteiger partial charge in [-0.2, -0.15) is 0 Å². The fourth-order valence-corrected chi connectivity index (χ4v) is 1.45. The van der Waals surface area contributed by atoms with E-state index in [1.807, 2.05) is 0 Å². The lowest BCUT2D eigenvalue weighted by molar-refractivity contribution is -0.119. The Morgan fingerprint density at radius 3 is 3.15 bits per heavy atom. The smallest absolute Gasteiger partial charge is 0.220 e. The van der Waals surface area contributed by atoms with Gasteiger partial charge < -0.3 is 15.4 Å². The van der Waals surface area contributed by atoms with Gasteiger partial charge in [-0.3, -0.25) is 4.79 Å². The molecular formula is C9H18N2O2. The fourth-order valence-electron chi connectivity index (χ4n) is 1.45. The molecule has 0 spiro atoms. The van der Waals surface area contributed by atoms with Crippen LogP contribution in [0.15, 0.2) is 0 Å². The van der Waals surface area contributed by atoms with Crippen molar-refractivity contribution in [1.29, 1.82) is 0 Å². The van der Waals surface area contributed by atoms with Crippen LogP contribution in [0.3, 0.4) is 0 Å². The van der Waals surface area contributed by atoms with E-state index in [-0.39, 0.29) is 5.91 Å². The Bertz CT molecular complexity index is 162. The van der Waals surface area contributed by atoms with E-state index in [4.69, 9.17) is 4.74 Å². The van der Waals surface area contributed by atoms with Crippen LogP contribution in [0.1, 0.15) is 19.3 Å². The molecule has 1 heterocycles. The molecule has 1 aliphatic heterocycles. The summed E-state index contributed by atoms with van der Waals surface area (Å²) in [6.45, 7) is 2.64. The molecule has 1 rings (SSSR count). The lowest BCUT2D eigenvalue weighted by atomic mass is 10.2. The molecule has 0 aliphatic carbocycles. The summed E-state index contributed by atoms with van der Waals surface area (Å²) in [5.74, 6) is 0.184. The number of hydrogen-bond donors (Lipinski definition) is 2. The van der Waals surface area contributed by atoms with Crippen molar-refractivity contribution in [2.24, 2.45) is 0 Å². The molecule has 0 aromatic rings. The number of carbonyl (C=O) groups excluding carboxylic acids is 1. The maximum atomic E-state index is 10.8. The van der Waals surface area contributed by atoms with Crippen molar-refractivity contribution in [2.75, 3.05) is 26.8 Å². The summed E-state index contributed by atoms with van der Waals surface area (Å²) < 4.78 is 4.92. The molecule has 0 bridgehead atoms. The first-order valence-electron chi connectivity index (χ1n) is 4.82. The van der Waals surface area contributed by atoms with Crippen LogP contribution in [0.4, 0.5) is 0 Å². The molecule has 4 heteroatoms. The normalized spacial score (nSPS) is 21.9. The molecular weight excluding hydrogens is 168 g/mol. The van der Waals surface area contributed by atoms with Gasteiger partial charge in [0, 0.05) is 32.7 Å². The van der Waals surface area contributed by atoms with E-state index in [0.29, 0.717) is 12.5 Å². The molecule has 1 amide bonds. The number of ether oxygens (including phenoxy) is 1. The highest BCUT2D eigenvalue weighted by Crippen LogP contribution is 2.04. The Balaban J connectivity index is 1.91. The second kappa shape index (κ2) is 5.94. The Kier molecular flexibility index (Phi) is 4.78. The number of hydrogen-bond acceptors (Lipinski definition) is 3. The topological polar surface area (TPSA) is 50.4 Å². The lowest BCUT2D eigenvalue weighted by Gasteiger charge is -2.10. The summed E-state index contributed by atoms with van der Waals surface area (Å²) in [6.07, 6.45) is 2.68. The summed E-state index contributed by atoms with van der Waals surface area (Å²) in [4.78, 5) is 10.8. The van der Waals surface area contributed by atoms with E-state index in [1.165, 1.54) is 0 Å². The van der Waals surface area contributed by atoms with Gasteiger partial charge >= 0.3 is 0 Å². The summed E-state index contributed by atoms with van der Waals surface area (Å²) in [7, 11) is 1.71. The highest BCUT2D eigenvalue weighted by molar-refractivity contribution is 5.78. The zero-order chi connectivity index (χ0) is 9.52. The third-order valence-corrected chi connectivity index (χ3v) is 2.18. The van der Waals surface area contributed by atoms with Crippen molar-refractivity contribution in [3.8, 4) is 0 Å². The number of rotatable bonds is 6. The Hall–Kier alpha value is -0.610. The fraction of sp³-hybridized carbons (Fsp3) is 0.889. The van der Waals surface area contributed by atoms with Crippen molar-refractivity contribution in [1.82, 2.24) is 10.6 Å². The van der Waals surface area contributed by atoms with Crippen LogP contribution >= 0.6 is 0 Å². The van der Waals surface area contributed by atoms with Gasteiger partial charge in [-0.25, -0.2) is 0 Å².